The first-order chi connectivity index (χ1) is 7.70. The molecule has 2 aliphatic rings. The molecule has 2 saturated heterocycles. The highest BCUT2D eigenvalue weighted by molar-refractivity contribution is 5.03. The standard InChI is InChI=1S/C13H25NO2/c1-3-13(4-2,11-15)14-9-12(10-14)5-7-16-8-6-12/h15H,3-11H2,1-2H3. The lowest BCUT2D eigenvalue weighted by Gasteiger charge is -2.59. The van der Waals surface area contributed by atoms with Crippen molar-refractivity contribution in [1.82, 2.24) is 4.90 Å². The lowest BCUT2D eigenvalue weighted by Crippen LogP contribution is -2.67. The van der Waals surface area contributed by atoms with E-state index in [1.807, 2.05) is 0 Å². The Morgan fingerprint density at radius 3 is 2.19 bits per heavy atom. The molecule has 0 amide bonds. The maximum Gasteiger partial charge on any atom is 0.0615 e. The largest absolute Gasteiger partial charge is 0.394 e. The van der Waals surface area contributed by atoms with E-state index in [1.165, 1.54) is 25.9 Å². The third-order valence-electron chi connectivity index (χ3n) is 4.89. The van der Waals surface area contributed by atoms with Crippen molar-refractivity contribution in [2.45, 2.75) is 45.1 Å². The Balaban J connectivity index is 1.95. The van der Waals surface area contributed by atoms with Gasteiger partial charge < -0.3 is 9.84 Å². The molecular formula is C13H25NO2. The minimum atomic E-state index is 0.0452. The molecule has 3 heteroatoms. The SMILES string of the molecule is CCC(CC)(CO)N1CC2(CCOCC2)C1. The molecule has 3 nitrogen and oxygen atoms in total. The zero-order chi connectivity index (χ0) is 11.6. The molecule has 0 aromatic rings. The van der Waals surface area contributed by atoms with Crippen LogP contribution in [0.4, 0.5) is 0 Å². The van der Waals surface area contributed by atoms with E-state index in [2.05, 4.69) is 18.7 Å². The summed E-state index contributed by atoms with van der Waals surface area (Å²) in [6, 6.07) is 0. The van der Waals surface area contributed by atoms with Crippen LogP contribution in [0.5, 0.6) is 0 Å². The molecule has 94 valence electrons. The van der Waals surface area contributed by atoms with Crippen LogP contribution in [0.1, 0.15) is 39.5 Å². The van der Waals surface area contributed by atoms with Gasteiger partial charge in [-0.05, 0) is 25.7 Å². The summed E-state index contributed by atoms with van der Waals surface area (Å²) < 4.78 is 5.43. The number of aliphatic hydroxyl groups excluding tert-OH is 1. The van der Waals surface area contributed by atoms with E-state index in [1.54, 1.807) is 0 Å². The van der Waals surface area contributed by atoms with Crippen LogP contribution in [0, 0.1) is 5.41 Å². The topological polar surface area (TPSA) is 32.7 Å². The summed E-state index contributed by atoms with van der Waals surface area (Å²) in [5.41, 5.74) is 0.562. The van der Waals surface area contributed by atoms with Crippen molar-refractivity contribution in [1.29, 1.82) is 0 Å². The van der Waals surface area contributed by atoms with Gasteiger partial charge in [-0.15, -0.1) is 0 Å². The van der Waals surface area contributed by atoms with E-state index in [-0.39, 0.29) is 5.54 Å². The Hall–Kier alpha value is -0.120. The zero-order valence-corrected chi connectivity index (χ0v) is 10.7. The monoisotopic (exact) mass is 227 g/mol. The highest BCUT2D eigenvalue weighted by Gasteiger charge is 2.50. The highest BCUT2D eigenvalue weighted by atomic mass is 16.5. The number of aliphatic hydroxyl groups is 1. The van der Waals surface area contributed by atoms with E-state index in [0.29, 0.717) is 12.0 Å². The fraction of sp³-hybridized carbons (Fsp3) is 1.00. The Bertz CT molecular complexity index is 216. The van der Waals surface area contributed by atoms with Crippen molar-refractivity contribution in [3.8, 4) is 0 Å². The number of nitrogens with zero attached hydrogens (tertiary/aromatic N) is 1. The lowest BCUT2D eigenvalue weighted by molar-refractivity contribution is -0.138. The minimum absolute atomic E-state index is 0.0452. The van der Waals surface area contributed by atoms with Crippen LogP contribution in [0.2, 0.25) is 0 Å². The number of hydrogen-bond donors (Lipinski definition) is 1. The normalized spacial score (nSPS) is 25.7. The summed E-state index contributed by atoms with van der Waals surface area (Å²) in [5.74, 6) is 0. The molecule has 16 heavy (non-hydrogen) atoms. The van der Waals surface area contributed by atoms with Crippen LogP contribution < -0.4 is 0 Å². The summed E-state index contributed by atoms with van der Waals surface area (Å²) in [6.45, 7) is 8.86. The van der Waals surface area contributed by atoms with Crippen LogP contribution in [0.25, 0.3) is 0 Å². The quantitative estimate of drug-likeness (QED) is 0.792. The summed E-state index contributed by atoms with van der Waals surface area (Å²) in [4.78, 5) is 2.50. The average molecular weight is 227 g/mol. The Kier molecular flexibility index (Phi) is 3.57. The molecule has 2 fully saturated rings. The van der Waals surface area contributed by atoms with Gasteiger partial charge in [0.1, 0.15) is 0 Å². The molecular weight excluding hydrogens is 202 g/mol. The fourth-order valence-corrected chi connectivity index (χ4v) is 3.24. The summed E-state index contributed by atoms with van der Waals surface area (Å²) in [6.07, 6.45) is 4.51. The van der Waals surface area contributed by atoms with Gasteiger partial charge in [-0.3, -0.25) is 4.90 Å². The minimum Gasteiger partial charge on any atom is -0.394 e. The van der Waals surface area contributed by atoms with Crippen molar-refractivity contribution >= 4 is 0 Å². The first kappa shape index (κ1) is 12.3. The molecule has 0 unspecified atom stereocenters. The molecule has 2 rings (SSSR count). The molecule has 0 saturated carbocycles. The van der Waals surface area contributed by atoms with Crippen LogP contribution in [0.15, 0.2) is 0 Å². The second kappa shape index (κ2) is 4.63. The summed E-state index contributed by atoms with van der Waals surface area (Å²) in [5, 5.41) is 9.63. The maximum absolute atomic E-state index is 9.63. The van der Waals surface area contributed by atoms with Gasteiger partial charge in [0.05, 0.1) is 6.61 Å². The molecule has 0 aromatic carbocycles. The van der Waals surface area contributed by atoms with Crippen LogP contribution >= 0.6 is 0 Å². The number of rotatable bonds is 4. The first-order valence-electron chi connectivity index (χ1n) is 6.64. The van der Waals surface area contributed by atoms with Gasteiger partial charge in [0.25, 0.3) is 0 Å². The van der Waals surface area contributed by atoms with Crippen LogP contribution in [-0.4, -0.2) is 48.5 Å². The predicted octanol–water partition coefficient (Wildman–Crippen LogP) is 1.65. The van der Waals surface area contributed by atoms with Crippen molar-refractivity contribution in [3.05, 3.63) is 0 Å². The average Bonchev–Trinajstić information content (AvgIpc) is 2.31. The van der Waals surface area contributed by atoms with E-state index in [0.717, 1.165) is 26.1 Å². The van der Waals surface area contributed by atoms with E-state index in [9.17, 15) is 5.11 Å². The van der Waals surface area contributed by atoms with Crippen molar-refractivity contribution < 1.29 is 9.84 Å². The Morgan fingerprint density at radius 1 is 1.19 bits per heavy atom. The van der Waals surface area contributed by atoms with Gasteiger partial charge in [-0.25, -0.2) is 0 Å². The van der Waals surface area contributed by atoms with Crippen molar-refractivity contribution in [3.63, 3.8) is 0 Å². The summed E-state index contributed by atoms with van der Waals surface area (Å²) >= 11 is 0. The van der Waals surface area contributed by atoms with E-state index >= 15 is 0 Å². The molecule has 0 radical (unpaired) electrons. The number of likely N-dealkylation sites (tertiary alicyclic amines) is 1. The number of hydrogen-bond acceptors (Lipinski definition) is 3. The predicted molar refractivity (Wildman–Crippen MR) is 64.5 cm³/mol. The van der Waals surface area contributed by atoms with Gasteiger partial charge in [0, 0.05) is 37.3 Å². The molecule has 2 heterocycles. The van der Waals surface area contributed by atoms with Crippen LogP contribution in [0.3, 0.4) is 0 Å². The molecule has 0 atom stereocenters. The van der Waals surface area contributed by atoms with Crippen LogP contribution in [-0.2, 0) is 4.74 Å². The second-order valence-electron chi connectivity index (χ2n) is 5.56. The summed E-state index contributed by atoms with van der Waals surface area (Å²) in [7, 11) is 0. The Morgan fingerprint density at radius 2 is 1.75 bits per heavy atom. The maximum atomic E-state index is 9.63. The third-order valence-corrected chi connectivity index (χ3v) is 4.89. The van der Waals surface area contributed by atoms with E-state index < -0.39 is 0 Å². The van der Waals surface area contributed by atoms with E-state index in [4.69, 9.17) is 4.74 Å². The van der Waals surface area contributed by atoms with Gasteiger partial charge in [0.15, 0.2) is 0 Å². The molecule has 2 aliphatic heterocycles. The third kappa shape index (κ3) is 1.89. The van der Waals surface area contributed by atoms with Gasteiger partial charge in [-0.2, -0.15) is 0 Å². The number of ether oxygens (including phenoxy) is 1. The molecule has 1 N–H and O–H groups in total. The first-order valence-corrected chi connectivity index (χ1v) is 6.64. The van der Waals surface area contributed by atoms with Crippen molar-refractivity contribution in [2.24, 2.45) is 5.41 Å². The Labute approximate surface area is 98.8 Å². The lowest BCUT2D eigenvalue weighted by atomic mass is 9.70. The highest BCUT2D eigenvalue weighted by Crippen LogP contribution is 2.44. The molecule has 0 aromatic heterocycles. The zero-order valence-electron chi connectivity index (χ0n) is 10.7. The fourth-order valence-electron chi connectivity index (χ4n) is 3.24. The van der Waals surface area contributed by atoms with Gasteiger partial charge in [-0.1, -0.05) is 13.8 Å². The molecule has 1 spiro atoms. The van der Waals surface area contributed by atoms with Gasteiger partial charge >= 0.3 is 0 Å². The van der Waals surface area contributed by atoms with Gasteiger partial charge in [0.2, 0.25) is 0 Å². The molecule has 0 bridgehead atoms. The second-order valence-corrected chi connectivity index (χ2v) is 5.56. The van der Waals surface area contributed by atoms with Crippen molar-refractivity contribution in [2.75, 3.05) is 32.9 Å². The molecule has 0 aliphatic carbocycles. The smallest absolute Gasteiger partial charge is 0.0615 e.